The zero-order chi connectivity index (χ0) is 14.9. The molecule has 0 spiro atoms. The Balaban J connectivity index is 2.35. The van der Waals surface area contributed by atoms with Gasteiger partial charge in [0.25, 0.3) is 0 Å². The summed E-state index contributed by atoms with van der Waals surface area (Å²) in [5.74, 6) is 5.75. The molecule has 1 heterocycles. The van der Waals surface area contributed by atoms with Crippen LogP contribution in [0.1, 0.15) is 49.2 Å². The first kappa shape index (κ1) is 14.8. The highest BCUT2D eigenvalue weighted by Gasteiger charge is 2.19. The van der Waals surface area contributed by atoms with E-state index in [4.69, 9.17) is 5.84 Å². The van der Waals surface area contributed by atoms with Crippen molar-refractivity contribution in [3.8, 4) is 0 Å². The van der Waals surface area contributed by atoms with Gasteiger partial charge in [-0.2, -0.15) is 5.10 Å². The Morgan fingerprint density at radius 1 is 1.20 bits per heavy atom. The van der Waals surface area contributed by atoms with Crippen LogP contribution in [0.15, 0.2) is 30.5 Å². The standard InChI is InChI=1S/C16H24N4/c1-11-14(10-20(5)19-11)15(18-17)12-6-8-13(9-7-12)16(2,3)4/h6-10,15,18H,17H2,1-5H3. The van der Waals surface area contributed by atoms with Crippen molar-refractivity contribution in [2.75, 3.05) is 0 Å². The maximum absolute atomic E-state index is 5.75. The Labute approximate surface area is 121 Å². The highest BCUT2D eigenvalue weighted by atomic mass is 15.3. The van der Waals surface area contributed by atoms with Crippen molar-refractivity contribution in [3.63, 3.8) is 0 Å². The topological polar surface area (TPSA) is 55.9 Å². The Morgan fingerprint density at radius 3 is 2.20 bits per heavy atom. The number of hydrogen-bond donors (Lipinski definition) is 2. The summed E-state index contributed by atoms with van der Waals surface area (Å²) in [6, 6.07) is 8.59. The lowest BCUT2D eigenvalue weighted by Crippen LogP contribution is -2.29. The third kappa shape index (κ3) is 2.92. The molecule has 1 aromatic heterocycles. The third-order valence-electron chi connectivity index (χ3n) is 3.64. The summed E-state index contributed by atoms with van der Waals surface area (Å²) in [5.41, 5.74) is 7.63. The molecule has 0 aliphatic rings. The first-order valence-electron chi connectivity index (χ1n) is 6.89. The van der Waals surface area contributed by atoms with Crippen molar-refractivity contribution in [3.05, 3.63) is 52.8 Å². The molecule has 0 aliphatic heterocycles. The van der Waals surface area contributed by atoms with Crippen molar-refractivity contribution in [2.45, 2.75) is 39.2 Å². The van der Waals surface area contributed by atoms with Crippen LogP contribution in [0.5, 0.6) is 0 Å². The minimum atomic E-state index is -0.0299. The second-order valence-corrected chi connectivity index (χ2v) is 6.32. The number of nitrogens with zero attached hydrogens (tertiary/aromatic N) is 2. The summed E-state index contributed by atoms with van der Waals surface area (Å²) < 4.78 is 1.82. The number of nitrogens with two attached hydrogens (primary N) is 1. The van der Waals surface area contributed by atoms with Gasteiger partial charge in [0.05, 0.1) is 11.7 Å². The molecule has 3 N–H and O–H groups in total. The zero-order valence-corrected chi connectivity index (χ0v) is 12.9. The molecule has 1 atom stereocenters. The molecule has 4 nitrogen and oxygen atoms in total. The second kappa shape index (κ2) is 5.38. The maximum Gasteiger partial charge on any atom is 0.0743 e. The molecule has 2 aromatic rings. The van der Waals surface area contributed by atoms with E-state index in [2.05, 4.69) is 55.6 Å². The molecule has 108 valence electrons. The van der Waals surface area contributed by atoms with Gasteiger partial charge in [-0.3, -0.25) is 10.5 Å². The first-order valence-corrected chi connectivity index (χ1v) is 6.89. The monoisotopic (exact) mass is 272 g/mol. The largest absolute Gasteiger partial charge is 0.275 e. The van der Waals surface area contributed by atoms with Crippen LogP contribution in [-0.2, 0) is 12.5 Å². The fourth-order valence-corrected chi connectivity index (χ4v) is 2.44. The summed E-state index contributed by atoms with van der Waals surface area (Å²) in [7, 11) is 1.92. The Kier molecular flexibility index (Phi) is 3.97. The number of hydrogen-bond acceptors (Lipinski definition) is 3. The van der Waals surface area contributed by atoms with Crippen LogP contribution in [0.25, 0.3) is 0 Å². The molecular weight excluding hydrogens is 248 g/mol. The van der Waals surface area contributed by atoms with Gasteiger partial charge < -0.3 is 0 Å². The summed E-state index contributed by atoms with van der Waals surface area (Å²) in [6.45, 7) is 8.65. The van der Waals surface area contributed by atoms with Gasteiger partial charge in [0.15, 0.2) is 0 Å². The van der Waals surface area contributed by atoms with E-state index < -0.39 is 0 Å². The molecule has 1 unspecified atom stereocenters. The van der Waals surface area contributed by atoms with Crippen LogP contribution in [-0.4, -0.2) is 9.78 Å². The Hall–Kier alpha value is -1.65. The smallest absolute Gasteiger partial charge is 0.0743 e. The van der Waals surface area contributed by atoms with E-state index >= 15 is 0 Å². The predicted octanol–water partition coefficient (Wildman–Crippen LogP) is 2.58. The predicted molar refractivity (Wildman–Crippen MR) is 82.3 cm³/mol. The van der Waals surface area contributed by atoms with Gasteiger partial charge in [-0.05, 0) is 23.5 Å². The van der Waals surface area contributed by atoms with Gasteiger partial charge in [0.2, 0.25) is 0 Å². The molecule has 1 aromatic carbocycles. The molecule has 0 amide bonds. The Bertz CT molecular complexity index is 576. The van der Waals surface area contributed by atoms with E-state index in [0.717, 1.165) is 16.8 Å². The summed E-state index contributed by atoms with van der Waals surface area (Å²) in [4.78, 5) is 0. The number of nitrogens with one attached hydrogen (secondary N) is 1. The van der Waals surface area contributed by atoms with Crippen molar-refractivity contribution in [1.82, 2.24) is 15.2 Å². The molecule has 0 fully saturated rings. The summed E-state index contributed by atoms with van der Waals surface area (Å²) in [5, 5.41) is 4.38. The zero-order valence-electron chi connectivity index (χ0n) is 12.9. The van der Waals surface area contributed by atoms with Gasteiger partial charge in [-0.15, -0.1) is 0 Å². The third-order valence-corrected chi connectivity index (χ3v) is 3.64. The first-order chi connectivity index (χ1) is 9.32. The molecule has 0 aliphatic carbocycles. The van der Waals surface area contributed by atoms with Crippen molar-refractivity contribution in [2.24, 2.45) is 12.9 Å². The fraction of sp³-hybridized carbons (Fsp3) is 0.438. The number of rotatable bonds is 3. The van der Waals surface area contributed by atoms with Gasteiger partial charge in [0.1, 0.15) is 0 Å². The van der Waals surface area contributed by atoms with Crippen molar-refractivity contribution < 1.29 is 0 Å². The quantitative estimate of drug-likeness (QED) is 0.667. The van der Waals surface area contributed by atoms with Crippen LogP contribution in [0.4, 0.5) is 0 Å². The van der Waals surface area contributed by atoms with Gasteiger partial charge in [-0.1, -0.05) is 45.0 Å². The minimum absolute atomic E-state index is 0.0299. The number of benzene rings is 1. The van der Waals surface area contributed by atoms with E-state index in [1.54, 1.807) is 0 Å². The molecule has 0 radical (unpaired) electrons. The molecular formula is C16H24N4. The van der Waals surface area contributed by atoms with E-state index in [-0.39, 0.29) is 11.5 Å². The van der Waals surface area contributed by atoms with Gasteiger partial charge >= 0.3 is 0 Å². The normalized spacial score (nSPS) is 13.5. The molecule has 0 bridgehead atoms. The van der Waals surface area contributed by atoms with Gasteiger partial charge in [-0.25, -0.2) is 5.43 Å². The highest BCUT2D eigenvalue weighted by Crippen LogP contribution is 2.27. The van der Waals surface area contributed by atoms with E-state index in [1.165, 1.54) is 5.56 Å². The SMILES string of the molecule is Cc1nn(C)cc1C(NN)c1ccc(C(C)(C)C)cc1. The lowest BCUT2D eigenvalue weighted by atomic mass is 9.86. The summed E-state index contributed by atoms with van der Waals surface area (Å²) >= 11 is 0. The van der Waals surface area contributed by atoms with Crippen LogP contribution >= 0.6 is 0 Å². The van der Waals surface area contributed by atoms with Crippen LogP contribution < -0.4 is 11.3 Å². The van der Waals surface area contributed by atoms with Crippen LogP contribution in [0.3, 0.4) is 0 Å². The molecule has 4 heteroatoms. The fourth-order valence-electron chi connectivity index (χ4n) is 2.44. The van der Waals surface area contributed by atoms with Gasteiger partial charge in [0, 0.05) is 18.8 Å². The average Bonchev–Trinajstić information content (AvgIpc) is 2.69. The van der Waals surface area contributed by atoms with E-state index in [9.17, 15) is 0 Å². The van der Waals surface area contributed by atoms with Crippen molar-refractivity contribution >= 4 is 0 Å². The van der Waals surface area contributed by atoms with Crippen molar-refractivity contribution in [1.29, 1.82) is 0 Å². The second-order valence-electron chi connectivity index (χ2n) is 6.32. The molecule has 0 saturated carbocycles. The van der Waals surface area contributed by atoms with E-state index in [1.807, 2.05) is 24.9 Å². The number of hydrazine groups is 1. The number of aromatic nitrogens is 2. The lowest BCUT2D eigenvalue weighted by molar-refractivity contribution is 0.587. The lowest BCUT2D eigenvalue weighted by Gasteiger charge is -2.21. The van der Waals surface area contributed by atoms with E-state index in [0.29, 0.717) is 0 Å². The minimum Gasteiger partial charge on any atom is -0.275 e. The summed E-state index contributed by atoms with van der Waals surface area (Å²) in [6.07, 6.45) is 2.01. The van der Waals surface area contributed by atoms with Crippen LogP contribution in [0.2, 0.25) is 0 Å². The number of aryl methyl sites for hydroxylation is 2. The average molecular weight is 272 g/mol. The Morgan fingerprint density at radius 2 is 1.80 bits per heavy atom. The molecule has 2 rings (SSSR count). The van der Waals surface area contributed by atoms with Crippen LogP contribution in [0, 0.1) is 6.92 Å². The molecule has 0 saturated heterocycles. The maximum atomic E-state index is 5.75. The highest BCUT2D eigenvalue weighted by molar-refractivity contribution is 5.35. The molecule has 20 heavy (non-hydrogen) atoms.